The molecule has 5 aromatic rings. The minimum Gasteiger partial charge on any atom is -0.395 e. The van der Waals surface area contributed by atoms with E-state index in [1.54, 1.807) is 109 Å². The highest BCUT2D eigenvalue weighted by Crippen LogP contribution is 2.45. The Kier molecular flexibility index (Phi) is 7.24. The quantitative estimate of drug-likeness (QED) is 0.120. The molecule has 8 nitrogen and oxygen atoms in total. The van der Waals surface area contributed by atoms with Crippen LogP contribution in [-0.2, 0) is 5.41 Å². The van der Waals surface area contributed by atoms with Crippen molar-refractivity contribution in [2.75, 3.05) is 0 Å². The summed E-state index contributed by atoms with van der Waals surface area (Å²) in [6, 6.07) is 35.8. The molecule has 1 aliphatic carbocycles. The van der Waals surface area contributed by atoms with E-state index < -0.39 is 29.3 Å². The fraction of sp³-hybridized carbons (Fsp3) is 0.0286. The standard InChI is InChI=1S/C35H22O8/c36-31-29-13-7-8-14-30(29)32(37)35(31,23-15-19-27(20-16-23)42-33(38)40-25-9-3-1-4-10-25)24-17-21-28(22-18-24)43-34(39)41-26-11-5-2-6-12-26/h1-22H. The summed E-state index contributed by atoms with van der Waals surface area (Å²) in [6.07, 6.45) is -1.87. The second-order valence-corrected chi connectivity index (χ2v) is 9.54. The van der Waals surface area contributed by atoms with Crippen molar-refractivity contribution >= 4 is 23.9 Å². The van der Waals surface area contributed by atoms with Crippen molar-refractivity contribution in [2.24, 2.45) is 0 Å². The van der Waals surface area contributed by atoms with Gasteiger partial charge in [-0.25, -0.2) is 9.59 Å². The predicted octanol–water partition coefficient (Wildman–Crippen LogP) is 7.21. The van der Waals surface area contributed by atoms with Crippen molar-refractivity contribution in [3.05, 3.63) is 156 Å². The molecule has 8 heteroatoms. The molecule has 0 saturated heterocycles. The minimum atomic E-state index is -1.71. The highest BCUT2D eigenvalue weighted by atomic mass is 16.7. The molecule has 0 aliphatic heterocycles. The number of para-hydroxylation sites is 2. The van der Waals surface area contributed by atoms with Gasteiger partial charge in [-0.3, -0.25) is 9.59 Å². The molecule has 6 rings (SSSR count). The number of ether oxygens (including phenoxy) is 4. The fourth-order valence-electron chi connectivity index (χ4n) is 5.03. The summed E-state index contributed by atoms with van der Waals surface area (Å²) in [6.45, 7) is 0. The van der Waals surface area contributed by atoms with Crippen molar-refractivity contribution in [2.45, 2.75) is 5.41 Å². The molecule has 0 atom stereocenters. The van der Waals surface area contributed by atoms with Gasteiger partial charge in [0.15, 0.2) is 11.6 Å². The summed E-state index contributed by atoms with van der Waals surface area (Å²) < 4.78 is 20.9. The van der Waals surface area contributed by atoms with Gasteiger partial charge in [0.25, 0.3) is 0 Å². The molecule has 0 unspecified atom stereocenters. The van der Waals surface area contributed by atoms with Crippen LogP contribution in [0.25, 0.3) is 0 Å². The smallest absolute Gasteiger partial charge is 0.395 e. The number of benzene rings is 5. The lowest BCUT2D eigenvalue weighted by atomic mass is 9.70. The highest BCUT2D eigenvalue weighted by molar-refractivity contribution is 6.35. The van der Waals surface area contributed by atoms with E-state index in [1.807, 2.05) is 0 Å². The summed E-state index contributed by atoms with van der Waals surface area (Å²) in [5.41, 5.74) is -0.369. The van der Waals surface area contributed by atoms with E-state index in [0.717, 1.165) is 0 Å². The number of ketones is 2. The molecule has 0 spiro atoms. The van der Waals surface area contributed by atoms with Gasteiger partial charge < -0.3 is 18.9 Å². The normalized spacial score (nSPS) is 13.1. The predicted molar refractivity (Wildman–Crippen MR) is 155 cm³/mol. The Bertz CT molecular complexity index is 1680. The van der Waals surface area contributed by atoms with Gasteiger partial charge in [0, 0.05) is 11.1 Å². The van der Waals surface area contributed by atoms with Gasteiger partial charge in [0.2, 0.25) is 0 Å². The summed E-state index contributed by atoms with van der Waals surface area (Å²) in [7, 11) is 0. The van der Waals surface area contributed by atoms with E-state index >= 15 is 0 Å². The summed E-state index contributed by atoms with van der Waals surface area (Å²) in [5, 5.41) is 0. The summed E-state index contributed by atoms with van der Waals surface area (Å²) in [5.74, 6) is 0.170. The lowest BCUT2D eigenvalue weighted by Gasteiger charge is -2.27. The van der Waals surface area contributed by atoms with E-state index in [4.69, 9.17) is 18.9 Å². The van der Waals surface area contributed by atoms with Crippen molar-refractivity contribution in [3.8, 4) is 23.0 Å². The Morgan fingerprint density at radius 2 is 0.698 bits per heavy atom. The SMILES string of the molecule is O=C(Oc1ccccc1)Oc1ccc(C2(c3ccc(OC(=O)Oc4ccccc4)cc3)C(=O)c3ccccc3C2=O)cc1. The zero-order chi connectivity index (χ0) is 29.8. The van der Waals surface area contributed by atoms with Gasteiger partial charge in [-0.05, 0) is 59.7 Å². The molecule has 0 heterocycles. The van der Waals surface area contributed by atoms with Crippen LogP contribution in [0, 0.1) is 0 Å². The first-order valence-corrected chi connectivity index (χ1v) is 13.2. The summed E-state index contributed by atoms with van der Waals surface area (Å²) >= 11 is 0. The maximum Gasteiger partial charge on any atom is 0.519 e. The number of hydrogen-bond acceptors (Lipinski definition) is 8. The molecule has 0 fully saturated rings. The number of rotatable bonds is 6. The average molecular weight is 571 g/mol. The first kappa shape index (κ1) is 27.2. The maximum absolute atomic E-state index is 14.0. The summed E-state index contributed by atoms with van der Waals surface area (Å²) in [4.78, 5) is 52.6. The molecule has 0 radical (unpaired) electrons. The van der Waals surface area contributed by atoms with Gasteiger partial charge in [-0.15, -0.1) is 0 Å². The van der Waals surface area contributed by atoms with Gasteiger partial charge >= 0.3 is 12.3 Å². The Hall–Kier alpha value is -6.02. The topological polar surface area (TPSA) is 105 Å². The van der Waals surface area contributed by atoms with E-state index in [0.29, 0.717) is 33.8 Å². The Morgan fingerprint density at radius 3 is 1.05 bits per heavy atom. The third-order valence-electron chi connectivity index (χ3n) is 6.96. The average Bonchev–Trinajstić information content (AvgIpc) is 3.25. The Morgan fingerprint density at radius 1 is 0.395 bits per heavy atom. The molecule has 0 saturated carbocycles. The van der Waals surface area contributed by atoms with E-state index in [2.05, 4.69) is 0 Å². The second kappa shape index (κ2) is 11.5. The second-order valence-electron chi connectivity index (χ2n) is 9.54. The van der Waals surface area contributed by atoms with Crippen molar-refractivity contribution in [3.63, 3.8) is 0 Å². The van der Waals surface area contributed by atoms with Crippen LogP contribution in [0.5, 0.6) is 23.0 Å². The molecule has 43 heavy (non-hydrogen) atoms. The number of hydrogen-bond donors (Lipinski definition) is 0. The lowest BCUT2D eigenvalue weighted by Crippen LogP contribution is -2.39. The molecule has 0 bridgehead atoms. The van der Waals surface area contributed by atoms with Crippen molar-refractivity contribution in [1.82, 2.24) is 0 Å². The number of carbonyl (C=O) groups excluding carboxylic acids is 4. The Balaban J connectivity index is 1.29. The molecule has 0 amide bonds. The van der Waals surface area contributed by atoms with Crippen LogP contribution in [0.15, 0.2) is 133 Å². The molecular formula is C35H22O8. The zero-order valence-electron chi connectivity index (χ0n) is 22.5. The molecule has 210 valence electrons. The maximum atomic E-state index is 14.0. The molecule has 5 aromatic carbocycles. The van der Waals surface area contributed by atoms with Crippen LogP contribution >= 0.6 is 0 Å². The van der Waals surface area contributed by atoms with E-state index in [9.17, 15) is 19.2 Å². The van der Waals surface area contributed by atoms with Gasteiger partial charge in [0.1, 0.15) is 28.4 Å². The largest absolute Gasteiger partial charge is 0.519 e. The Labute approximate surface area is 246 Å². The van der Waals surface area contributed by atoms with Gasteiger partial charge in [0.05, 0.1) is 0 Å². The number of carbonyl (C=O) groups is 4. The zero-order valence-corrected chi connectivity index (χ0v) is 22.5. The molecule has 0 N–H and O–H groups in total. The van der Waals surface area contributed by atoms with Crippen molar-refractivity contribution in [1.29, 1.82) is 0 Å². The lowest BCUT2D eigenvalue weighted by molar-refractivity contribution is 0.0828. The van der Waals surface area contributed by atoms with Gasteiger partial charge in [-0.1, -0.05) is 84.9 Å². The van der Waals surface area contributed by atoms with Crippen LogP contribution in [0.2, 0.25) is 0 Å². The van der Waals surface area contributed by atoms with Crippen LogP contribution in [-0.4, -0.2) is 23.9 Å². The van der Waals surface area contributed by atoms with Crippen LogP contribution in [0.3, 0.4) is 0 Å². The molecular weight excluding hydrogens is 548 g/mol. The van der Waals surface area contributed by atoms with E-state index in [1.165, 1.54) is 24.3 Å². The first-order valence-electron chi connectivity index (χ1n) is 13.2. The van der Waals surface area contributed by atoms with E-state index in [-0.39, 0.29) is 11.5 Å². The molecule has 1 aliphatic rings. The highest BCUT2D eigenvalue weighted by Gasteiger charge is 2.55. The van der Waals surface area contributed by atoms with Crippen molar-refractivity contribution < 1.29 is 38.1 Å². The first-order chi connectivity index (χ1) is 20.9. The van der Waals surface area contributed by atoms with Crippen LogP contribution in [0.1, 0.15) is 31.8 Å². The minimum absolute atomic E-state index is 0.163. The molecule has 0 aromatic heterocycles. The monoisotopic (exact) mass is 570 g/mol. The van der Waals surface area contributed by atoms with Gasteiger partial charge in [-0.2, -0.15) is 0 Å². The third kappa shape index (κ3) is 5.25. The van der Waals surface area contributed by atoms with Crippen LogP contribution in [0.4, 0.5) is 9.59 Å². The number of fused-ring (bicyclic) bond motifs is 1. The fourth-order valence-corrected chi connectivity index (χ4v) is 5.03. The third-order valence-corrected chi connectivity index (χ3v) is 6.96. The van der Waals surface area contributed by atoms with Crippen LogP contribution < -0.4 is 18.9 Å². The number of Topliss-reactive ketones (excluding diaryl/α,β-unsaturated/α-hetero) is 2.